The molecule has 0 spiro atoms. The van der Waals surface area contributed by atoms with E-state index < -0.39 is 107 Å². The van der Waals surface area contributed by atoms with Gasteiger partial charge in [-0.3, -0.25) is 14.4 Å². The summed E-state index contributed by atoms with van der Waals surface area (Å²) in [6.07, 6.45) is 4.23. The smallest absolute Gasteiger partial charge is 0.192 e. The van der Waals surface area contributed by atoms with Crippen LogP contribution in [0, 0.1) is 35.5 Å². The van der Waals surface area contributed by atoms with Crippen LogP contribution in [0.5, 0.6) is 0 Å². The van der Waals surface area contributed by atoms with Crippen molar-refractivity contribution in [3.05, 3.63) is 24.3 Å². The molecule has 66 heavy (non-hydrogen) atoms. The average Bonchev–Trinajstić information content (AvgIpc) is 4.11. The lowest BCUT2D eigenvalue weighted by molar-refractivity contribution is -0.258. The van der Waals surface area contributed by atoms with Gasteiger partial charge in [-0.1, -0.05) is 93.5 Å². The fraction of sp³-hybridized carbons (Fsp3) is 0.860. The van der Waals surface area contributed by atoms with Gasteiger partial charge in [0.05, 0.1) is 86.7 Å². The van der Waals surface area contributed by atoms with Crippen LogP contribution in [0.15, 0.2) is 24.3 Å². The number of carbonyl (C=O) groups is 3. The SMILES string of the molecule is C/C=C\[C@H](C)[C@H]1O[C@]1(C)[C@@H](O[Si](C)(C)C(C)(C)C)[C@@H](CO)C(=O)[C@@H]1COC(O)(CC)C[C@@H]1O.C/C=C\[C@H](C)[C@H]1O[C@]1(C)[C@@H](O[Si](C)(C)C(C)(C)C)[C@@H](CO)C(=O)[C@H](CO)[C@@H](O)CC(=O)CC. The topological polar surface area (TPSA) is 225 Å². The fourth-order valence-corrected chi connectivity index (χ4v) is 11.5. The molecular formula is C50H92O14Si2. The Labute approximate surface area is 399 Å². The number of ether oxygens (including phenoxy) is 3. The number of hydrogen-bond donors (Lipinski definition) is 6. The third kappa shape index (κ3) is 14.3. The highest BCUT2D eigenvalue weighted by atomic mass is 28.4. The zero-order chi connectivity index (χ0) is 51.2. The predicted octanol–water partition coefficient (Wildman–Crippen LogP) is 6.68. The summed E-state index contributed by atoms with van der Waals surface area (Å²) in [7, 11) is -4.73. The molecule has 16 heteroatoms. The molecule has 0 aromatic heterocycles. The van der Waals surface area contributed by atoms with Crippen molar-refractivity contribution < 1.29 is 68.1 Å². The molecule has 0 saturated carbocycles. The summed E-state index contributed by atoms with van der Waals surface area (Å²) in [5, 5.41) is 62.1. The van der Waals surface area contributed by atoms with Crippen molar-refractivity contribution in [2.24, 2.45) is 35.5 Å². The molecule has 0 amide bonds. The first-order valence-corrected chi connectivity index (χ1v) is 30.1. The second-order valence-corrected chi connectivity index (χ2v) is 32.1. The van der Waals surface area contributed by atoms with Crippen LogP contribution in [0.4, 0.5) is 0 Å². The molecule has 3 aliphatic rings. The highest BCUT2D eigenvalue weighted by molar-refractivity contribution is 6.74. The van der Waals surface area contributed by atoms with E-state index >= 15 is 0 Å². The molecule has 3 heterocycles. The Bertz CT molecular complexity index is 1660. The molecule has 3 rings (SSSR count). The molecule has 0 aromatic rings. The standard InChI is InChI=1S/2C25H46O7Si/c1-10-12-16(3)21-24(7,31-21)22(32-33(8,9)23(4,5)6)17(14-26)20(28)18-15-30-25(29,11-2)13-19(18)27;1-10-12-16(3)22-25(7,31-22)23(32-33(8,9)24(4,5)6)19(15-27)21(30)18(14-26)20(29)13-17(28)11-2/h10,12,16-19,21-22,26-27,29H,11,13-15H2,1-9H3;10,12,16,18-20,22-23,26-27,29H,11,13-15H2,1-9H3/b2*12-10-/t16-,17-,18+,19-,21+,22-,24-,25?;16-,18+,19-,20-,22+,23-,25-/m00/s1. The lowest BCUT2D eigenvalue weighted by atomic mass is 9.78. The third-order valence-corrected chi connectivity index (χ3v) is 24.4. The second kappa shape index (κ2) is 23.6. The number of epoxide rings is 2. The van der Waals surface area contributed by atoms with Gasteiger partial charge < -0.3 is 53.7 Å². The Morgan fingerprint density at radius 1 is 0.758 bits per heavy atom. The number of carbonyl (C=O) groups excluding carboxylic acids is 3. The van der Waals surface area contributed by atoms with Crippen molar-refractivity contribution in [3.8, 4) is 0 Å². The fourth-order valence-electron chi connectivity index (χ4n) is 8.73. The van der Waals surface area contributed by atoms with Crippen molar-refractivity contribution in [2.45, 2.75) is 212 Å². The summed E-state index contributed by atoms with van der Waals surface area (Å²) >= 11 is 0. The first-order valence-electron chi connectivity index (χ1n) is 24.3. The van der Waals surface area contributed by atoms with Crippen LogP contribution >= 0.6 is 0 Å². The predicted molar refractivity (Wildman–Crippen MR) is 262 cm³/mol. The summed E-state index contributed by atoms with van der Waals surface area (Å²) < 4.78 is 31.4. The maximum absolute atomic E-state index is 13.7. The number of aliphatic hydroxyl groups is 6. The van der Waals surface area contributed by atoms with Gasteiger partial charge >= 0.3 is 0 Å². The Kier molecular flexibility index (Phi) is 21.7. The Morgan fingerprint density at radius 2 is 1.17 bits per heavy atom. The van der Waals surface area contributed by atoms with Crippen LogP contribution in [0.1, 0.15) is 123 Å². The molecule has 384 valence electrons. The van der Waals surface area contributed by atoms with E-state index in [1.54, 1.807) is 13.8 Å². The van der Waals surface area contributed by atoms with Gasteiger partial charge in [0.15, 0.2) is 22.4 Å². The zero-order valence-electron chi connectivity index (χ0n) is 43.8. The minimum atomic E-state index is -2.39. The summed E-state index contributed by atoms with van der Waals surface area (Å²) in [5.41, 5.74) is -1.54. The summed E-state index contributed by atoms with van der Waals surface area (Å²) in [6.45, 7) is 34.7. The zero-order valence-corrected chi connectivity index (χ0v) is 45.8. The number of Topliss-reactive ketones (excluding diaryl/α,β-unsaturated/α-hetero) is 3. The molecule has 3 aliphatic heterocycles. The van der Waals surface area contributed by atoms with Crippen molar-refractivity contribution in [1.82, 2.24) is 0 Å². The summed E-state index contributed by atoms with van der Waals surface area (Å²) in [6, 6.07) is 0. The largest absolute Gasteiger partial charge is 0.410 e. The lowest BCUT2D eigenvalue weighted by Crippen LogP contribution is -2.56. The van der Waals surface area contributed by atoms with Crippen molar-refractivity contribution in [1.29, 1.82) is 0 Å². The minimum absolute atomic E-state index is 0.0411. The number of aliphatic hydroxyl groups excluding tert-OH is 5. The van der Waals surface area contributed by atoms with Gasteiger partial charge in [-0.05, 0) is 70.4 Å². The molecule has 6 N–H and O–H groups in total. The van der Waals surface area contributed by atoms with Crippen LogP contribution in [-0.2, 0) is 37.4 Å². The Balaban J connectivity index is 0.000000453. The van der Waals surface area contributed by atoms with Crippen LogP contribution in [-0.4, -0.2) is 145 Å². The number of rotatable bonds is 24. The van der Waals surface area contributed by atoms with E-state index in [0.717, 1.165) is 0 Å². The van der Waals surface area contributed by atoms with Gasteiger partial charge in [-0.15, -0.1) is 0 Å². The molecule has 0 radical (unpaired) electrons. The van der Waals surface area contributed by atoms with Gasteiger partial charge in [0, 0.05) is 31.1 Å². The molecule has 0 aliphatic carbocycles. The van der Waals surface area contributed by atoms with Gasteiger partial charge in [0.2, 0.25) is 0 Å². The normalized spacial score (nSPS) is 31.0. The quantitative estimate of drug-likeness (QED) is 0.0337. The van der Waals surface area contributed by atoms with Crippen molar-refractivity contribution in [2.75, 3.05) is 26.4 Å². The lowest BCUT2D eigenvalue weighted by Gasteiger charge is -2.44. The van der Waals surface area contributed by atoms with E-state index in [4.69, 9.17) is 23.1 Å². The van der Waals surface area contributed by atoms with E-state index in [-0.39, 0.29) is 71.6 Å². The molecule has 0 aromatic carbocycles. The maximum Gasteiger partial charge on any atom is 0.192 e. The number of ketones is 3. The highest BCUT2D eigenvalue weighted by Crippen LogP contribution is 2.52. The molecule has 3 fully saturated rings. The van der Waals surface area contributed by atoms with Crippen LogP contribution in [0.2, 0.25) is 36.3 Å². The highest BCUT2D eigenvalue weighted by Gasteiger charge is 2.66. The third-order valence-electron chi connectivity index (χ3n) is 15.5. The summed E-state index contributed by atoms with van der Waals surface area (Å²) in [5.74, 6) is -6.12. The van der Waals surface area contributed by atoms with Crippen LogP contribution in [0.25, 0.3) is 0 Å². The first-order chi connectivity index (χ1) is 30.2. The van der Waals surface area contributed by atoms with Gasteiger partial charge in [-0.25, -0.2) is 0 Å². The maximum atomic E-state index is 13.7. The van der Waals surface area contributed by atoms with E-state index in [1.807, 2.05) is 52.8 Å². The minimum Gasteiger partial charge on any atom is -0.410 e. The van der Waals surface area contributed by atoms with Crippen LogP contribution in [0.3, 0.4) is 0 Å². The molecule has 14 nitrogen and oxygen atoms in total. The van der Waals surface area contributed by atoms with Gasteiger partial charge in [0.25, 0.3) is 0 Å². The second-order valence-electron chi connectivity index (χ2n) is 22.6. The van der Waals surface area contributed by atoms with Crippen LogP contribution < -0.4 is 0 Å². The Hall–Kier alpha value is -1.52. The first kappa shape index (κ1) is 60.6. The van der Waals surface area contributed by atoms with E-state index in [0.29, 0.717) is 6.42 Å². The van der Waals surface area contributed by atoms with Crippen molar-refractivity contribution in [3.63, 3.8) is 0 Å². The molecule has 15 atom stereocenters. The number of hydrogen-bond acceptors (Lipinski definition) is 14. The summed E-state index contributed by atoms with van der Waals surface area (Å²) in [4.78, 5) is 39.1. The molecular weight excluding hydrogens is 881 g/mol. The molecule has 3 saturated heterocycles. The average molecular weight is 973 g/mol. The Morgan fingerprint density at radius 3 is 1.50 bits per heavy atom. The monoisotopic (exact) mass is 973 g/mol. The molecule has 1 unspecified atom stereocenters. The van der Waals surface area contributed by atoms with Gasteiger partial charge in [0.1, 0.15) is 28.6 Å². The molecule has 0 bridgehead atoms. The van der Waals surface area contributed by atoms with E-state index in [2.05, 4.69) is 80.7 Å². The van der Waals surface area contributed by atoms with Crippen molar-refractivity contribution >= 4 is 34.0 Å². The van der Waals surface area contributed by atoms with E-state index in [1.165, 1.54) is 0 Å². The number of allylic oxidation sites excluding steroid dienone is 2. The van der Waals surface area contributed by atoms with Gasteiger partial charge in [-0.2, -0.15) is 0 Å². The van der Waals surface area contributed by atoms with E-state index in [9.17, 15) is 45.0 Å².